The van der Waals surface area contributed by atoms with Crippen LogP contribution in [-0.4, -0.2) is 57.4 Å². The normalized spacial score (nSPS) is 19.7. The van der Waals surface area contributed by atoms with Crippen molar-refractivity contribution in [1.29, 1.82) is 0 Å². The highest BCUT2D eigenvalue weighted by atomic mass is 32.2. The number of nitrogens with zero attached hydrogens (tertiary/aromatic N) is 2. The second-order valence-electron chi connectivity index (χ2n) is 11.8. The van der Waals surface area contributed by atoms with Gasteiger partial charge in [-0.3, -0.25) is 4.90 Å². The van der Waals surface area contributed by atoms with Gasteiger partial charge in [0.2, 0.25) is 10.0 Å². The van der Waals surface area contributed by atoms with Crippen LogP contribution >= 0.6 is 0 Å². The van der Waals surface area contributed by atoms with Gasteiger partial charge in [-0.05, 0) is 54.9 Å². The van der Waals surface area contributed by atoms with E-state index < -0.39 is 18.3 Å². The molecule has 1 fully saturated rings. The van der Waals surface area contributed by atoms with E-state index in [9.17, 15) is 8.42 Å². The Morgan fingerprint density at radius 1 is 0.833 bits per heavy atom. The molecule has 0 bridgehead atoms. The van der Waals surface area contributed by atoms with Crippen molar-refractivity contribution in [3.05, 3.63) is 71.8 Å². The Morgan fingerprint density at radius 2 is 1.28 bits per heavy atom. The Morgan fingerprint density at radius 3 is 1.69 bits per heavy atom. The average molecular weight is 531 g/mol. The van der Waals surface area contributed by atoms with Crippen molar-refractivity contribution in [3.8, 4) is 0 Å². The summed E-state index contributed by atoms with van der Waals surface area (Å²) < 4.78 is 33.5. The first-order chi connectivity index (χ1) is 16.9. The summed E-state index contributed by atoms with van der Waals surface area (Å²) in [6, 6.07) is 21.8. The second-order valence-corrected chi connectivity index (χ2v) is 18.6. The lowest BCUT2D eigenvalue weighted by atomic mass is 9.89. The fourth-order valence-electron chi connectivity index (χ4n) is 4.89. The summed E-state index contributed by atoms with van der Waals surface area (Å²) in [6.45, 7) is 13.8. The number of rotatable bonds is 11. The minimum absolute atomic E-state index is 0.0505. The number of hydrogen-bond acceptors (Lipinski definition) is 4. The Kier molecular flexibility index (Phi) is 9.97. The topological polar surface area (TPSA) is 49.9 Å². The van der Waals surface area contributed by atoms with E-state index >= 15 is 0 Å². The molecule has 0 N–H and O–H groups in total. The first-order valence-electron chi connectivity index (χ1n) is 13.3. The SMILES string of the molecule is CC(C)(C)[Si](C)(C)OCCN(C1CCC(N(Cc2ccccc2)Cc2ccccc2)CC1)S(C)(=O)=O. The van der Waals surface area contributed by atoms with E-state index in [1.165, 1.54) is 17.4 Å². The Hall–Kier alpha value is -1.51. The molecular weight excluding hydrogens is 484 g/mol. The van der Waals surface area contributed by atoms with Crippen molar-refractivity contribution in [3.63, 3.8) is 0 Å². The first-order valence-corrected chi connectivity index (χ1v) is 18.1. The lowest BCUT2D eigenvalue weighted by Gasteiger charge is -2.41. The quantitative estimate of drug-likeness (QED) is 0.321. The molecule has 0 unspecified atom stereocenters. The average Bonchev–Trinajstić information content (AvgIpc) is 2.81. The standard InChI is InChI=1S/C29H46N2O3SSi/c1-29(2,3)36(5,6)34-22-21-31(35(4,32)33)28-19-17-27(18-20-28)30(23-25-13-9-7-10-14-25)24-26-15-11-8-12-16-26/h7-16,27-28H,17-24H2,1-6H3. The van der Waals surface area contributed by atoms with Crippen LogP contribution in [0.4, 0.5) is 0 Å². The van der Waals surface area contributed by atoms with Gasteiger partial charge in [0.05, 0.1) is 6.26 Å². The highest BCUT2D eigenvalue weighted by molar-refractivity contribution is 7.88. The predicted molar refractivity (Wildman–Crippen MR) is 153 cm³/mol. The van der Waals surface area contributed by atoms with Crippen LogP contribution in [-0.2, 0) is 27.5 Å². The highest BCUT2D eigenvalue weighted by Gasteiger charge is 2.38. The maximum Gasteiger partial charge on any atom is 0.211 e. The van der Waals surface area contributed by atoms with Gasteiger partial charge in [0.25, 0.3) is 0 Å². The highest BCUT2D eigenvalue weighted by Crippen LogP contribution is 2.36. The van der Waals surface area contributed by atoms with Gasteiger partial charge < -0.3 is 4.43 Å². The van der Waals surface area contributed by atoms with E-state index in [-0.39, 0.29) is 11.1 Å². The minimum atomic E-state index is -3.30. The molecule has 0 heterocycles. The van der Waals surface area contributed by atoms with Gasteiger partial charge in [0, 0.05) is 38.3 Å². The molecule has 0 aromatic heterocycles. The molecule has 0 atom stereocenters. The minimum Gasteiger partial charge on any atom is -0.415 e. The van der Waals surface area contributed by atoms with Gasteiger partial charge in [-0.25, -0.2) is 8.42 Å². The summed E-state index contributed by atoms with van der Waals surface area (Å²) in [7, 11) is -5.21. The van der Waals surface area contributed by atoms with E-state index in [2.05, 4.69) is 99.4 Å². The molecule has 0 saturated heterocycles. The molecule has 36 heavy (non-hydrogen) atoms. The lowest BCUT2D eigenvalue weighted by molar-refractivity contribution is 0.108. The Balaban J connectivity index is 1.65. The zero-order valence-electron chi connectivity index (χ0n) is 23.1. The summed E-state index contributed by atoms with van der Waals surface area (Å²) in [4.78, 5) is 2.58. The molecule has 200 valence electrons. The monoisotopic (exact) mass is 530 g/mol. The third kappa shape index (κ3) is 8.25. The summed E-state index contributed by atoms with van der Waals surface area (Å²) in [5.41, 5.74) is 2.63. The molecule has 2 aromatic carbocycles. The fourth-order valence-corrected chi connectivity index (χ4v) is 7.08. The van der Waals surface area contributed by atoms with Crippen LogP contribution in [0.1, 0.15) is 57.6 Å². The third-order valence-corrected chi connectivity index (χ3v) is 13.9. The van der Waals surface area contributed by atoms with Crippen molar-refractivity contribution in [2.45, 2.75) is 89.8 Å². The van der Waals surface area contributed by atoms with Crippen LogP contribution in [0.25, 0.3) is 0 Å². The molecule has 3 rings (SSSR count). The Labute approximate surface area is 221 Å². The summed E-state index contributed by atoms with van der Waals surface area (Å²) in [6.07, 6.45) is 5.12. The van der Waals surface area contributed by atoms with Crippen molar-refractivity contribution in [1.82, 2.24) is 9.21 Å². The van der Waals surface area contributed by atoms with Crippen LogP contribution in [0.15, 0.2) is 60.7 Å². The van der Waals surface area contributed by atoms with E-state index in [1.54, 1.807) is 4.31 Å². The molecule has 0 aliphatic heterocycles. The van der Waals surface area contributed by atoms with Gasteiger partial charge >= 0.3 is 0 Å². The van der Waals surface area contributed by atoms with Crippen LogP contribution in [0.5, 0.6) is 0 Å². The van der Waals surface area contributed by atoms with Crippen LogP contribution in [0, 0.1) is 0 Å². The maximum atomic E-state index is 12.8. The fraction of sp³-hybridized carbons (Fsp3) is 0.586. The molecule has 5 nitrogen and oxygen atoms in total. The van der Waals surface area contributed by atoms with Crippen LogP contribution < -0.4 is 0 Å². The van der Waals surface area contributed by atoms with E-state index in [0.717, 1.165) is 38.8 Å². The molecule has 1 saturated carbocycles. The summed E-state index contributed by atoms with van der Waals surface area (Å²) in [5.74, 6) is 0. The summed E-state index contributed by atoms with van der Waals surface area (Å²) >= 11 is 0. The lowest BCUT2D eigenvalue weighted by Crippen LogP contribution is -2.48. The zero-order valence-corrected chi connectivity index (χ0v) is 24.9. The summed E-state index contributed by atoms with van der Waals surface area (Å²) in [5, 5.41) is 0.113. The largest absolute Gasteiger partial charge is 0.415 e. The molecule has 1 aliphatic rings. The molecule has 0 spiro atoms. The van der Waals surface area contributed by atoms with Crippen LogP contribution in [0.2, 0.25) is 18.1 Å². The van der Waals surface area contributed by atoms with Crippen molar-refractivity contribution >= 4 is 18.3 Å². The number of benzene rings is 2. The first kappa shape index (κ1) is 29.0. The Bertz CT molecular complexity index is 990. The second kappa shape index (κ2) is 12.4. The van der Waals surface area contributed by atoms with Gasteiger partial charge in [0.15, 0.2) is 8.32 Å². The van der Waals surface area contributed by atoms with E-state index in [0.29, 0.717) is 19.2 Å². The van der Waals surface area contributed by atoms with Crippen molar-refractivity contribution in [2.75, 3.05) is 19.4 Å². The maximum absolute atomic E-state index is 12.8. The predicted octanol–water partition coefficient (Wildman–Crippen LogP) is 6.28. The van der Waals surface area contributed by atoms with Crippen molar-refractivity contribution < 1.29 is 12.8 Å². The van der Waals surface area contributed by atoms with Gasteiger partial charge in [-0.2, -0.15) is 4.31 Å². The van der Waals surface area contributed by atoms with Gasteiger partial charge in [-0.15, -0.1) is 0 Å². The van der Waals surface area contributed by atoms with Crippen molar-refractivity contribution in [2.24, 2.45) is 0 Å². The van der Waals surface area contributed by atoms with E-state index in [4.69, 9.17) is 4.43 Å². The molecule has 0 radical (unpaired) electrons. The molecule has 2 aromatic rings. The smallest absolute Gasteiger partial charge is 0.211 e. The van der Waals surface area contributed by atoms with E-state index in [1.807, 2.05) is 0 Å². The van der Waals surface area contributed by atoms with Gasteiger partial charge in [0.1, 0.15) is 0 Å². The number of hydrogen-bond donors (Lipinski definition) is 0. The van der Waals surface area contributed by atoms with Crippen LogP contribution in [0.3, 0.4) is 0 Å². The van der Waals surface area contributed by atoms with Gasteiger partial charge in [-0.1, -0.05) is 81.4 Å². The molecule has 0 amide bonds. The number of sulfonamides is 1. The molecule has 7 heteroatoms. The zero-order chi connectivity index (χ0) is 26.4. The third-order valence-electron chi connectivity index (χ3n) is 8.05. The molecular formula is C29H46N2O3SSi. The molecule has 1 aliphatic carbocycles.